The van der Waals surface area contributed by atoms with Crippen LogP contribution in [0.15, 0.2) is 18.2 Å². The molecule has 1 aromatic carbocycles. The molecule has 2 N–H and O–H groups in total. The van der Waals surface area contributed by atoms with Gasteiger partial charge in [0.2, 0.25) is 0 Å². The summed E-state index contributed by atoms with van der Waals surface area (Å²) in [7, 11) is 0. The van der Waals surface area contributed by atoms with Crippen molar-refractivity contribution < 1.29 is 10.2 Å². The third-order valence-corrected chi connectivity index (χ3v) is 5.82. The number of phenols is 1. The van der Waals surface area contributed by atoms with Crippen LogP contribution in [0.3, 0.4) is 0 Å². The Morgan fingerprint density at radius 3 is 2.46 bits per heavy atom. The standard InChI is InChI=1S/C22H36O2/c1-5-6-7-8-11-22(3,4)18-9-10-20(21(24)15-18)17-12-16(2)13-19(23)14-17/h9-10,15-17,19,23-24H,5-8,11-14H2,1-4H3/t16-,17+,19-/m1/s1. The Labute approximate surface area is 148 Å². The maximum absolute atomic E-state index is 10.6. The van der Waals surface area contributed by atoms with Gasteiger partial charge in [-0.2, -0.15) is 0 Å². The zero-order valence-corrected chi connectivity index (χ0v) is 16.0. The lowest BCUT2D eigenvalue weighted by atomic mass is 9.75. The Hall–Kier alpha value is -1.02. The van der Waals surface area contributed by atoms with Crippen LogP contribution in [0.4, 0.5) is 0 Å². The Balaban J connectivity index is 2.08. The van der Waals surface area contributed by atoms with E-state index in [1.807, 2.05) is 6.07 Å². The molecule has 0 bridgehead atoms. The third kappa shape index (κ3) is 4.99. The minimum absolute atomic E-state index is 0.100. The van der Waals surface area contributed by atoms with E-state index < -0.39 is 0 Å². The Morgan fingerprint density at radius 2 is 1.83 bits per heavy atom. The van der Waals surface area contributed by atoms with E-state index in [9.17, 15) is 10.2 Å². The molecule has 1 fully saturated rings. The van der Waals surface area contributed by atoms with Crippen LogP contribution in [0, 0.1) is 5.92 Å². The molecule has 136 valence electrons. The maximum atomic E-state index is 10.6. The Bertz CT molecular complexity index is 511. The van der Waals surface area contributed by atoms with Crippen molar-refractivity contribution in [1.29, 1.82) is 0 Å². The molecular formula is C22H36O2. The molecule has 0 heterocycles. The predicted molar refractivity (Wildman–Crippen MR) is 102 cm³/mol. The first-order valence-corrected chi connectivity index (χ1v) is 9.85. The molecule has 0 spiro atoms. The molecule has 0 unspecified atom stereocenters. The average molecular weight is 333 g/mol. The van der Waals surface area contributed by atoms with Gasteiger partial charge in [-0.15, -0.1) is 0 Å². The van der Waals surface area contributed by atoms with Crippen molar-refractivity contribution in [2.24, 2.45) is 5.92 Å². The van der Waals surface area contributed by atoms with Crippen LogP contribution in [-0.2, 0) is 5.41 Å². The molecule has 1 aliphatic carbocycles. The number of hydrogen-bond donors (Lipinski definition) is 2. The zero-order chi connectivity index (χ0) is 17.7. The van der Waals surface area contributed by atoms with Gasteiger partial charge in [0.15, 0.2) is 0 Å². The van der Waals surface area contributed by atoms with Crippen LogP contribution in [0.5, 0.6) is 5.75 Å². The van der Waals surface area contributed by atoms with E-state index >= 15 is 0 Å². The number of benzene rings is 1. The Kier molecular flexibility index (Phi) is 6.74. The van der Waals surface area contributed by atoms with Gasteiger partial charge in [-0.3, -0.25) is 0 Å². The highest BCUT2D eigenvalue weighted by atomic mass is 16.3. The van der Waals surface area contributed by atoms with Crippen LogP contribution in [0.25, 0.3) is 0 Å². The molecule has 1 saturated carbocycles. The van der Waals surface area contributed by atoms with Crippen molar-refractivity contribution in [2.75, 3.05) is 0 Å². The number of rotatable bonds is 7. The van der Waals surface area contributed by atoms with E-state index in [0.717, 1.165) is 31.2 Å². The van der Waals surface area contributed by atoms with Gasteiger partial charge in [0.25, 0.3) is 0 Å². The van der Waals surface area contributed by atoms with Crippen LogP contribution >= 0.6 is 0 Å². The number of aliphatic hydroxyl groups excluding tert-OH is 1. The van der Waals surface area contributed by atoms with Gasteiger partial charge in [0, 0.05) is 0 Å². The van der Waals surface area contributed by atoms with E-state index in [0.29, 0.717) is 11.7 Å². The summed E-state index contributed by atoms with van der Waals surface area (Å²) in [5.74, 6) is 1.22. The van der Waals surface area contributed by atoms with Gasteiger partial charge in [0.05, 0.1) is 6.10 Å². The fourth-order valence-electron chi connectivity index (χ4n) is 4.27. The molecule has 1 aromatic rings. The molecule has 2 rings (SSSR count). The van der Waals surface area contributed by atoms with Gasteiger partial charge in [-0.25, -0.2) is 0 Å². The highest BCUT2D eigenvalue weighted by Crippen LogP contribution is 2.41. The minimum Gasteiger partial charge on any atom is -0.508 e. The second kappa shape index (κ2) is 8.38. The number of unbranched alkanes of at least 4 members (excludes halogenated alkanes) is 3. The molecular weight excluding hydrogens is 296 g/mol. The van der Waals surface area contributed by atoms with Crippen LogP contribution in [-0.4, -0.2) is 16.3 Å². The van der Waals surface area contributed by atoms with Crippen molar-refractivity contribution in [3.8, 4) is 5.75 Å². The molecule has 1 aliphatic rings. The predicted octanol–water partition coefficient (Wildman–Crippen LogP) is 5.90. The summed E-state index contributed by atoms with van der Waals surface area (Å²) < 4.78 is 0. The van der Waals surface area contributed by atoms with Gasteiger partial charge in [-0.1, -0.05) is 65.5 Å². The SMILES string of the molecule is CCCCCCC(C)(C)c1ccc([C@H]2C[C@@H](C)C[C@@H](O)C2)c(O)c1. The van der Waals surface area contributed by atoms with Crippen molar-refractivity contribution in [3.05, 3.63) is 29.3 Å². The minimum atomic E-state index is -0.229. The number of aliphatic hydroxyl groups is 1. The monoisotopic (exact) mass is 332 g/mol. The first-order chi connectivity index (χ1) is 11.3. The molecule has 0 aliphatic heterocycles. The van der Waals surface area contributed by atoms with Crippen molar-refractivity contribution in [2.45, 2.75) is 96.5 Å². The number of hydrogen-bond acceptors (Lipinski definition) is 2. The maximum Gasteiger partial charge on any atom is 0.119 e. The van der Waals surface area contributed by atoms with Gasteiger partial charge in [0.1, 0.15) is 5.75 Å². The van der Waals surface area contributed by atoms with E-state index in [2.05, 4.69) is 39.8 Å². The van der Waals surface area contributed by atoms with E-state index in [4.69, 9.17) is 0 Å². The summed E-state index contributed by atoms with van der Waals surface area (Å²) in [6.45, 7) is 8.99. The van der Waals surface area contributed by atoms with E-state index in [1.54, 1.807) is 0 Å². The first kappa shape index (κ1) is 19.3. The van der Waals surface area contributed by atoms with Gasteiger partial charge in [-0.05, 0) is 60.1 Å². The normalized spacial score (nSPS) is 25.0. The summed E-state index contributed by atoms with van der Waals surface area (Å²) in [5, 5.41) is 20.7. The third-order valence-electron chi connectivity index (χ3n) is 5.82. The molecule has 0 saturated heterocycles. The average Bonchev–Trinajstić information content (AvgIpc) is 2.50. The quantitative estimate of drug-likeness (QED) is 0.610. The largest absolute Gasteiger partial charge is 0.508 e. The molecule has 0 amide bonds. The number of aromatic hydroxyl groups is 1. The summed E-state index contributed by atoms with van der Waals surface area (Å²) in [5.41, 5.74) is 2.35. The highest BCUT2D eigenvalue weighted by Gasteiger charge is 2.29. The molecule has 24 heavy (non-hydrogen) atoms. The summed E-state index contributed by atoms with van der Waals surface area (Å²) >= 11 is 0. The zero-order valence-electron chi connectivity index (χ0n) is 16.0. The molecule has 3 atom stereocenters. The second-order valence-corrected chi connectivity index (χ2v) is 8.63. The van der Waals surface area contributed by atoms with Gasteiger partial charge < -0.3 is 10.2 Å². The summed E-state index contributed by atoms with van der Waals surface area (Å²) in [4.78, 5) is 0. The van der Waals surface area contributed by atoms with Crippen LogP contribution in [0.1, 0.15) is 96.1 Å². The molecule has 2 nitrogen and oxygen atoms in total. The topological polar surface area (TPSA) is 40.5 Å². The lowest BCUT2D eigenvalue weighted by Crippen LogP contribution is -2.24. The number of phenolic OH excluding ortho intramolecular Hbond substituents is 1. The van der Waals surface area contributed by atoms with E-state index in [-0.39, 0.29) is 17.4 Å². The summed E-state index contributed by atoms with van der Waals surface area (Å²) in [6.07, 6.45) is 8.77. The first-order valence-electron chi connectivity index (χ1n) is 9.85. The molecule has 0 radical (unpaired) electrons. The highest BCUT2D eigenvalue weighted by molar-refractivity contribution is 5.41. The summed E-state index contributed by atoms with van der Waals surface area (Å²) in [6, 6.07) is 6.27. The van der Waals surface area contributed by atoms with Crippen molar-refractivity contribution >= 4 is 0 Å². The Morgan fingerprint density at radius 1 is 1.08 bits per heavy atom. The molecule has 2 heteroatoms. The smallest absolute Gasteiger partial charge is 0.119 e. The lowest BCUT2D eigenvalue weighted by molar-refractivity contribution is 0.0940. The van der Waals surface area contributed by atoms with E-state index in [1.165, 1.54) is 31.2 Å². The molecule has 0 aromatic heterocycles. The fraction of sp³-hybridized carbons (Fsp3) is 0.727. The lowest BCUT2D eigenvalue weighted by Gasteiger charge is -2.32. The fourth-order valence-corrected chi connectivity index (χ4v) is 4.27. The van der Waals surface area contributed by atoms with Crippen molar-refractivity contribution in [3.63, 3.8) is 0 Å². The van der Waals surface area contributed by atoms with Crippen LogP contribution < -0.4 is 0 Å². The van der Waals surface area contributed by atoms with Crippen LogP contribution in [0.2, 0.25) is 0 Å². The van der Waals surface area contributed by atoms with Gasteiger partial charge >= 0.3 is 0 Å². The van der Waals surface area contributed by atoms with Crippen molar-refractivity contribution in [1.82, 2.24) is 0 Å². The second-order valence-electron chi connectivity index (χ2n) is 8.63.